The topological polar surface area (TPSA) is 79.1 Å². The second-order valence-electron chi connectivity index (χ2n) is 5.48. The molecule has 7 nitrogen and oxygen atoms in total. The fraction of sp³-hybridized carbons (Fsp3) is 0.278. The molecule has 2 aromatic heterocycles. The van der Waals surface area contributed by atoms with Crippen molar-refractivity contribution in [3.8, 4) is 22.8 Å². The lowest BCUT2D eigenvalue weighted by atomic mass is 10.1. The van der Waals surface area contributed by atoms with Crippen molar-refractivity contribution < 1.29 is 23.8 Å². The minimum atomic E-state index is -0.311. The molecule has 0 amide bonds. The first-order valence-electron chi connectivity index (χ1n) is 8.05. The first-order chi connectivity index (χ1) is 13.0. The van der Waals surface area contributed by atoms with Gasteiger partial charge in [0, 0.05) is 16.6 Å². The summed E-state index contributed by atoms with van der Waals surface area (Å²) in [4.78, 5) is 29.5. The van der Waals surface area contributed by atoms with Crippen LogP contribution in [-0.2, 0) is 16.0 Å². The number of imidazole rings is 1. The molecule has 0 atom stereocenters. The quantitative estimate of drug-likeness (QED) is 0.401. The summed E-state index contributed by atoms with van der Waals surface area (Å²) in [5.41, 5.74) is 1.50. The molecule has 0 unspecified atom stereocenters. The van der Waals surface area contributed by atoms with Gasteiger partial charge in [-0.2, -0.15) is 0 Å². The molecule has 9 heteroatoms. The summed E-state index contributed by atoms with van der Waals surface area (Å²) in [5, 5.41) is 0. The van der Waals surface area contributed by atoms with E-state index in [9.17, 15) is 9.59 Å². The Kier molecular flexibility index (Phi) is 5.81. The molecule has 0 aliphatic rings. The zero-order valence-electron chi connectivity index (χ0n) is 14.9. The highest BCUT2D eigenvalue weighted by atomic mass is 79.9. The van der Waals surface area contributed by atoms with Crippen molar-refractivity contribution in [1.82, 2.24) is 9.38 Å². The van der Waals surface area contributed by atoms with Gasteiger partial charge in [0.05, 0.1) is 31.7 Å². The molecule has 0 spiro atoms. The van der Waals surface area contributed by atoms with E-state index in [1.54, 1.807) is 43.9 Å². The predicted octanol–water partition coefficient (Wildman–Crippen LogP) is 3.76. The number of aromatic nitrogens is 2. The highest BCUT2D eigenvalue weighted by Crippen LogP contribution is 2.40. The van der Waals surface area contributed by atoms with Crippen LogP contribution in [-0.4, -0.2) is 42.5 Å². The van der Waals surface area contributed by atoms with Gasteiger partial charge in [-0.25, -0.2) is 4.98 Å². The highest BCUT2D eigenvalue weighted by Gasteiger charge is 2.21. The van der Waals surface area contributed by atoms with E-state index in [2.05, 4.69) is 20.9 Å². The van der Waals surface area contributed by atoms with Gasteiger partial charge in [0.15, 0.2) is 11.2 Å². The molecule has 3 rings (SSSR count). The van der Waals surface area contributed by atoms with Gasteiger partial charge in [-0.1, -0.05) is 0 Å². The summed E-state index contributed by atoms with van der Waals surface area (Å²) < 4.78 is 18.2. The van der Waals surface area contributed by atoms with Gasteiger partial charge in [0.2, 0.25) is 0 Å². The maximum absolute atomic E-state index is 11.8. The normalized spacial score (nSPS) is 10.8. The van der Waals surface area contributed by atoms with Crippen LogP contribution in [0.5, 0.6) is 11.5 Å². The van der Waals surface area contributed by atoms with E-state index in [0.29, 0.717) is 40.0 Å². The maximum Gasteiger partial charge on any atom is 0.311 e. The lowest BCUT2D eigenvalue weighted by Crippen LogP contribution is -2.06. The van der Waals surface area contributed by atoms with Crippen molar-refractivity contribution in [3.63, 3.8) is 0 Å². The molecule has 0 radical (unpaired) electrons. The Morgan fingerprint density at radius 1 is 1.30 bits per heavy atom. The van der Waals surface area contributed by atoms with Crippen LogP contribution in [0, 0.1) is 0 Å². The van der Waals surface area contributed by atoms with Gasteiger partial charge >= 0.3 is 5.97 Å². The lowest BCUT2D eigenvalue weighted by Gasteiger charge is -2.11. The van der Waals surface area contributed by atoms with E-state index in [0.717, 1.165) is 15.6 Å². The summed E-state index contributed by atoms with van der Waals surface area (Å²) >= 11 is 4.75. The number of fused-ring (bicyclic) bond motifs is 1. The summed E-state index contributed by atoms with van der Waals surface area (Å²) in [6, 6.07) is 3.53. The third-order valence-corrected chi connectivity index (χ3v) is 5.48. The summed E-state index contributed by atoms with van der Waals surface area (Å²) in [7, 11) is 3.11. The first kappa shape index (κ1) is 19.4. The number of halogens is 1. The van der Waals surface area contributed by atoms with E-state index in [-0.39, 0.29) is 12.4 Å². The predicted molar refractivity (Wildman–Crippen MR) is 105 cm³/mol. The molecule has 142 valence electrons. The minimum absolute atomic E-state index is 0.144. The summed E-state index contributed by atoms with van der Waals surface area (Å²) in [6.07, 6.45) is 2.62. The smallest absolute Gasteiger partial charge is 0.311 e. The number of nitrogens with zero attached hydrogens (tertiary/aromatic N) is 2. The Balaban J connectivity index is 2.09. The molecule has 2 heterocycles. The van der Waals surface area contributed by atoms with Gasteiger partial charge in [-0.15, -0.1) is 11.3 Å². The number of carbonyl (C=O) groups excluding carboxylic acids is 2. The van der Waals surface area contributed by atoms with Crippen LogP contribution in [0.2, 0.25) is 0 Å². The molecule has 3 aromatic rings. The Bertz CT molecular complexity index is 1010. The molecule has 0 fully saturated rings. The fourth-order valence-electron chi connectivity index (χ4n) is 2.70. The second-order valence-corrected chi connectivity index (χ2v) is 7.43. The monoisotopic (exact) mass is 452 g/mol. The molecule has 0 saturated carbocycles. The van der Waals surface area contributed by atoms with E-state index < -0.39 is 0 Å². The third kappa shape index (κ3) is 3.70. The number of hydrogen-bond acceptors (Lipinski definition) is 7. The molecule has 0 saturated heterocycles. The number of hydrogen-bond donors (Lipinski definition) is 0. The van der Waals surface area contributed by atoms with Crippen LogP contribution in [0.1, 0.15) is 22.3 Å². The summed E-state index contributed by atoms with van der Waals surface area (Å²) in [5.74, 6) is 0.847. The second kappa shape index (κ2) is 8.10. The SMILES string of the molecule is CCOC(=O)Cc1cn2c(C=O)c(-c3cc(OC)c(Br)cc3OC)nc2s1. The molecule has 0 aliphatic heterocycles. The Hall–Kier alpha value is -2.39. The van der Waals surface area contributed by atoms with Crippen LogP contribution in [0.4, 0.5) is 0 Å². The van der Waals surface area contributed by atoms with E-state index >= 15 is 0 Å². The van der Waals surface area contributed by atoms with Crippen molar-refractivity contribution in [2.24, 2.45) is 0 Å². The largest absolute Gasteiger partial charge is 0.496 e. The molecule has 0 bridgehead atoms. The number of thiazole rings is 1. The van der Waals surface area contributed by atoms with E-state index in [1.165, 1.54) is 11.3 Å². The van der Waals surface area contributed by atoms with Crippen LogP contribution in [0.3, 0.4) is 0 Å². The van der Waals surface area contributed by atoms with Crippen LogP contribution in [0.25, 0.3) is 16.2 Å². The van der Waals surface area contributed by atoms with Crippen LogP contribution in [0.15, 0.2) is 22.8 Å². The standard InChI is InChI=1S/C18H17BrN2O5S/c1-4-26-16(23)5-10-8-21-13(9-22)17(20-18(21)27-10)11-6-15(25-3)12(19)7-14(11)24-2/h6-9H,4-5H2,1-3H3. The zero-order valence-corrected chi connectivity index (χ0v) is 17.3. The molecular weight excluding hydrogens is 436 g/mol. The van der Waals surface area contributed by atoms with Gasteiger partial charge in [-0.05, 0) is 35.0 Å². The number of aldehydes is 1. The molecule has 0 aliphatic carbocycles. The lowest BCUT2D eigenvalue weighted by molar-refractivity contribution is -0.142. The number of ether oxygens (including phenoxy) is 3. The Morgan fingerprint density at radius 3 is 2.67 bits per heavy atom. The van der Waals surface area contributed by atoms with E-state index in [4.69, 9.17) is 14.2 Å². The average molecular weight is 453 g/mol. The molecule has 27 heavy (non-hydrogen) atoms. The van der Waals surface area contributed by atoms with Gasteiger partial charge < -0.3 is 14.2 Å². The van der Waals surface area contributed by atoms with Gasteiger partial charge in [-0.3, -0.25) is 14.0 Å². The Morgan fingerprint density at radius 2 is 2.04 bits per heavy atom. The van der Waals surface area contributed by atoms with Crippen molar-refractivity contribution in [2.75, 3.05) is 20.8 Å². The average Bonchev–Trinajstić information content (AvgIpc) is 3.18. The van der Waals surface area contributed by atoms with Crippen LogP contribution < -0.4 is 9.47 Å². The van der Waals surface area contributed by atoms with Crippen LogP contribution >= 0.6 is 27.3 Å². The molecular formula is C18H17BrN2O5S. The number of esters is 1. The summed E-state index contributed by atoms with van der Waals surface area (Å²) in [6.45, 7) is 2.09. The number of benzene rings is 1. The Labute approximate surface area is 168 Å². The maximum atomic E-state index is 11.8. The molecule has 1 aromatic carbocycles. The van der Waals surface area contributed by atoms with Crippen molar-refractivity contribution >= 4 is 44.5 Å². The number of methoxy groups -OCH3 is 2. The van der Waals surface area contributed by atoms with Crippen molar-refractivity contribution in [2.45, 2.75) is 13.3 Å². The third-order valence-electron chi connectivity index (χ3n) is 3.88. The number of carbonyl (C=O) groups is 2. The van der Waals surface area contributed by atoms with Crippen molar-refractivity contribution in [3.05, 3.63) is 33.4 Å². The first-order valence-corrected chi connectivity index (χ1v) is 9.66. The van der Waals surface area contributed by atoms with Gasteiger partial charge in [0.1, 0.15) is 22.9 Å². The number of rotatable bonds is 7. The highest BCUT2D eigenvalue weighted by molar-refractivity contribution is 9.10. The van der Waals surface area contributed by atoms with Gasteiger partial charge in [0.25, 0.3) is 0 Å². The minimum Gasteiger partial charge on any atom is -0.496 e. The fourth-order valence-corrected chi connectivity index (χ4v) is 4.15. The van der Waals surface area contributed by atoms with E-state index in [1.807, 2.05) is 0 Å². The van der Waals surface area contributed by atoms with Crippen molar-refractivity contribution in [1.29, 1.82) is 0 Å². The zero-order chi connectivity index (χ0) is 19.6. The molecule has 0 N–H and O–H groups in total.